The van der Waals surface area contributed by atoms with E-state index in [1.807, 2.05) is 0 Å². The van der Waals surface area contributed by atoms with Gasteiger partial charge in [-0.25, -0.2) is 9.82 Å². The number of halogens is 1. The Morgan fingerprint density at radius 1 is 1.13 bits per heavy atom. The smallest absolute Gasteiger partial charge is 0.285 e. The van der Waals surface area contributed by atoms with Gasteiger partial charge in [0.25, 0.3) is 11.9 Å². The van der Waals surface area contributed by atoms with Gasteiger partial charge in [0.15, 0.2) is 5.76 Å². The van der Waals surface area contributed by atoms with E-state index in [4.69, 9.17) is 9.15 Å². The Kier molecular flexibility index (Phi) is 6.07. The van der Waals surface area contributed by atoms with Gasteiger partial charge in [0.1, 0.15) is 12.4 Å². The standard InChI is InChI=1S/C23H20FN3O4/c24-18-7-3-16(4-8-18)15-30-22-12-11-20(31-22)14-25-26-23(29)17-5-9-19(10-6-17)27-13-1-2-21(27)28/h3-12,14H,1-2,13,15H2,(H,26,29)/b25-14+. The maximum Gasteiger partial charge on any atom is 0.285 e. The number of anilines is 1. The zero-order chi connectivity index (χ0) is 21.6. The highest BCUT2D eigenvalue weighted by molar-refractivity contribution is 5.97. The van der Waals surface area contributed by atoms with Crippen molar-refractivity contribution in [3.05, 3.63) is 83.4 Å². The van der Waals surface area contributed by atoms with E-state index in [0.29, 0.717) is 24.3 Å². The molecule has 1 N–H and O–H groups in total. The molecule has 2 heterocycles. The van der Waals surface area contributed by atoms with Crippen LogP contribution in [-0.2, 0) is 11.4 Å². The average Bonchev–Trinajstić information content (AvgIpc) is 3.42. The van der Waals surface area contributed by atoms with Crippen LogP contribution in [0.4, 0.5) is 10.1 Å². The molecule has 0 saturated carbocycles. The van der Waals surface area contributed by atoms with Crippen molar-refractivity contribution in [1.29, 1.82) is 0 Å². The highest BCUT2D eigenvalue weighted by atomic mass is 19.1. The zero-order valence-electron chi connectivity index (χ0n) is 16.6. The molecule has 0 spiro atoms. The van der Waals surface area contributed by atoms with Gasteiger partial charge < -0.3 is 14.1 Å². The van der Waals surface area contributed by atoms with Gasteiger partial charge in [-0.05, 0) is 54.4 Å². The number of hydrazone groups is 1. The molecule has 1 aliphatic heterocycles. The molecular formula is C23H20FN3O4. The normalized spacial score (nSPS) is 13.7. The van der Waals surface area contributed by atoms with E-state index < -0.39 is 0 Å². The van der Waals surface area contributed by atoms with Gasteiger partial charge in [-0.3, -0.25) is 9.59 Å². The molecule has 1 fully saturated rings. The van der Waals surface area contributed by atoms with Crippen LogP contribution in [0.5, 0.6) is 5.95 Å². The van der Waals surface area contributed by atoms with Crippen molar-refractivity contribution in [1.82, 2.24) is 5.43 Å². The molecule has 1 aromatic heterocycles. The van der Waals surface area contributed by atoms with Crippen LogP contribution in [-0.4, -0.2) is 24.6 Å². The highest BCUT2D eigenvalue weighted by Gasteiger charge is 2.21. The fraction of sp³-hybridized carbons (Fsp3) is 0.174. The first-order valence-corrected chi connectivity index (χ1v) is 9.79. The summed E-state index contributed by atoms with van der Waals surface area (Å²) in [5.41, 5.74) is 4.45. The third-order valence-corrected chi connectivity index (χ3v) is 4.77. The van der Waals surface area contributed by atoms with E-state index >= 15 is 0 Å². The molecule has 7 nitrogen and oxygen atoms in total. The summed E-state index contributed by atoms with van der Waals surface area (Å²) in [7, 11) is 0. The molecule has 0 aliphatic carbocycles. The van der Waals surface area contributed by atoms with Gasteiger partial charge in [0.05, 0.1) is 6.21 Å². The number of ether oxygens (including phenoxy) is 1. The molecule has 8 heteroatoms. The van der Waals surface area contributed by atoms with E-state index in [2.05, 4.69) is 10.5 Å². The van der Waals surface area contributed by atoms with Crippen LogP contribution < -0.4 is 15.1 Å². The molecule has 1 aliphatic rings. The molecular weight excluding hydrogens is 401 g/mol. The summed E-state index contributed by atoms with van der Waals surface area (Å²) in [6.45, 7) is 0.938. The highest BCUT2D eigenvalue weighted by Crippen LogP contribution is 2.21. The number of carbonyl (C=O) groups is 2. The molecule has 3 aromatic rings. The Bertz CT molecular complexity index is 1090. The monoisotopic (exact) mass is 421 g/mol. The van der Waals surface area contributed by atoms with Crippen molar-refractivity contribution >= 4 is 23.7 Å². The van der Waals surface area contributed by atoms with Crippen molar-refractivity contribution in [2.75, 3.05) is 11.4 Å². The first-order chi connectivity index (χ1) is 15.1. The van der Waals surface area contributed by atoms with Gasteiger partial charge in [-0.2, -0.15) is 5.10 Å². The molecule has 0 atom stereocenters. The quantitative estimate of drug-likeness (QED) is 0.463. The molecule has 1 saturated heterocycles. The van der Waals surface area contributed by atoms with Gasteiger partial charge >= 0.3 is 0 Å². The molecule has 0 bridgehead atoms. The minimum Gasteiger partial charge on any atom is -0.460 e. The summed E-state index contributed by atoms with van der Waals surface area (Å²) < 4.78 is 23.9. The Hall–Kier alpha value is -3.94. The topological polar surface area (TPSA) is 84.1 Å². The van der Waals surface area contributed by atoms with Crippen LogP contribution in [0.1, 0.15) is 34.5 Å². The lowest BCUT2D eigenvalue weighted by Gasteiger charge is -2.15. The van der Waals surface area contributed by atoms with Gasteiger partial charge in [-0.15, -0.1) is 0 Å². The van der Waals surface area contributed by atoms with E-state index in [-0.39, 0.29) is 30.2 Å². The maximum absolute atomic E-state index is 12.9. The first-order valence-electron chi connectivity index (χ1n) is 9.79. The van der Waals surface area contributed by atoms with Gasteiger partial charge in [-0.1, -0.05) is 12.1 Å². The van der Waals surface area contributed by atoms with Crippen LogP contribution >= 0.6 is 0 Å². The maximum atomic E-state index is 12.9. The van der Waals surface area contributed by atoms with Gasteiger partial charge in [0, 0.05) is 30.3 Å². The van der Waals surface area contributed by atoms with Crippen molar-refractivity contribution in [3.8, 4) is 5.95 Å². The lowest BCUT2D eigenvalue weighted by atomic mass is 10.2. The predicted molar refractivity (Wildman–Crippen MR) is 113 cm³/mol. The molecule has 31 heavy (non-hydrogen) atoms. The van der Waals surface area contributed by atoms with Crippen LogP contribution in [0.25, 0.3) is 0 Å². The second-order valence-corrected chi connectivity index (χ2v) is 6.97. The average molecular weight is 421 g/mol. The summed E-state index contributed by atoms with van der Waals surface area (Å²) in [6.07, 6.45) is 2.77. The lowest BCUT2D eigenvalue weighted by Crippen LogP contribution is -2.24. The molecule has 0 radical (unpaired) electrons. The van der Waals surface area contributed by atoms with Crippen molar-refractivity contribution in [2.45, 2.75) is 19.4 Å². The number of hydrogen-bond acceptors (Lipinski definition) is 5. The SMILES string of the molecule is O=C(N/N=C/c1ccc(OCc2ccc(F)cc2)o1)c1ccc(N2CCCC2=O)cc1. The van der Waals surface area contributed by atoms with Crippen LogP contribution in [0, 0.1) is 5.82 Å². The van der Waals surface area contributed by atoms with Crippen molar-refractivity contribution < 1.29 is 23.1 Å². The summed E-state index contributed by atoms with van der Waals surface area (Å²) in [5, 5.41) is 3.89. The summed E-state index contributed by atoms with van der Waals surface area (Å²) in [4.78, 5) is 25.7. The van der Waals surface area contributed by atoms with Crippen molar-refractivity contribution in [3.63, 3.8) is 0 Å². The van der Waals surface area contributed by atoms with Crippen LogP contribution in [0.2, 0.25) is 0 Å². The van der Waals surface area contributed by atoms with Crippen LogP contribution in [0.3, 0.4) is 0 Å². The van der Waals surface area contributed by atoms with E-state index in [1.165, 1.54) is 18.3 Å². The Labute approximate surface area is 178 Å². The number of carbonyl (C=O) groups excluding carboxylic acids is 2. The number of furan rings is 1. The summed E-state index contributed by atoms with van der Waals surface area (Å²) in [6, 6.07) is 16.1. The minimum atomic E-state index is -0.380. The number of rotatable bonds is 7. The zero-order valence-corrected chi connectivity index (χ0v) is 16.6. The largest absolute Gasteiger partial charge is 0.460 e. The van der Waals surface area contributed by atoms with Crippen molar-refractivity contribution in [2.24, 2.45) is 5.10 Å². The molecule has 0 unspecified atom stereocenters. The van der Waals surface area contributed by atoms with Crippen LogP contribution in [0.15, 0.2) is 70.2 Å². The molecule has 158 valence electrons. The molecule has 2 aromatic carbocycles. The third kappa shape index (κ3) is 5.16. The fourth-order valence-corrected chi connectivity index (χ4v) is 3.15. The lowest BCUT2D eigenvalue weighted by molar-refractivity contribution is -0.117. The Morgan fingerprint density at radius 3 is 2.61 bits per heavy atom. The molecule has 4 rings (SSSR count). The second-order valence-electron chi connectivity index (χ2n) is 6.97. The Morgan fingerprint density at radius 2 is 1.90 bits per heavy atom. The fourth-order valence-electron chi connectivity index (χ4n) is 3.15. The third-order valence-electron chi connectivity index (χ3n) is 4.77. The second kappa shape index (κ2) is 9.25. The summed E-state index contributed by atoms with van der Waals surface area (Å²) >= 11 is 0. The number of hydrogen-bond donors (Lipinski definition) is 1. The van der Waals surface area contributed by atoms with E-state index in [0.717, 1.165) is 17.7 Å². The number of amides is 2. The first kappa shape index (κ1) is 20.3. The minimum absolute atomic E-state index is 0.0984. The molecule has 2 amide bonds. The predicted octanol–water partition coefficient (Wildman–Crippen LogP) is 3.89. The van der Waals surface area contributed by atoms with Gasteiger partial charge in [0.2, 0.25) is 5.91 Å². The Balaban J connectivity index is 1.28. The summed E-state index contributed by atoms with van der Waals surface area (Å²) in [5.74, 6) is 0.0949. The van der Waals surface area contributed by atoms with E-state index in [9.17, 15) is 14.0 Å². The number of nitrogens with one attached hydrogen (secondary N) is 1. The van der Waals surface area contributed by atoms with E-state index in [1.54, 1.807) is 53.4 Å². The number of nitrogens with zero attached hydrogens (tertiary/aromatic N) is 2. The number of benzene rings is 2.